The first-order valence-electron chi connectivity index (χ1n) is 7.04. The molecule has 1 aromatic carbocycles. The van der Waals surface area contributed by atoms with Crippen molar-refractivity contribution in [1.29, 1.82) is 0 Å². The highest BCUT2D eigenvalue weighted by atomic mass is 35.5. The lowest BCUT2D eigenvalue weighted by Crippen LogP contribution is -2.08. The Morgan fingerprint density at radius 1 is 1.04 bits per heavy atom. The molecule has 0 aliphatic heterocycles. The first-order valence-corrected chi connectivity index (χ1v) is 7.41. The van der Waals surface area contributed by atoms with Gasteiger partial charge in [0.15, 0.2) is 0 Å². The SMILES string of the molecule is Cc1cc(Nc2ccc(F)c(Cl)c2)nc(-n2nc(C)cc2C)n1. The molecule has 1 N–H and O–H groups in total. The van der Waals surface area contributed by atoms with Crippen LogP contribution in [0.25, 0.3) is 5.95 Å². The fraction of sp³-hybridized carbons (Fsp3) is 0.188. The molecule has 5 nitrogen and oxygen atoms in total. The van der Waals surface area contributed by atoms with Crippen molar-refractivity contribution in [2.75, 3.05) is 5.32 Å². The molecule has 0 fully saturated rings. The predicted molar refractivity (Wildman–Crippen MR) is 88.1 cm³/mol. The van der Waals surface area contributed by atoms with E-state index in [2.05, 4.69) is 20.4 Å². The van der Waals surface area contributed by atoms with Crippen LogP contribution in [0.5, 0.6) is 0 Å². The maximum Gasteiger partial charge on any atom is 0.252 e. The molecule has 0 saturated heterocycles. The molecule has 0 radical (unpaired) electrons. The summed E-state index contributed by atoms with van der Waals surface area (Å²) < 4.78 is 14.9. The predicted octanol–water partition coefficient (Wildman–Crippen LogP) is 4.12. The number of halogens is 2. The Balaban J connectivity index is 1.97. The zero-order valence-corrected chi connectivity index (χ0v) is 13.7. The molecule has 23 heavy (non-hydrogen) atoms. The summed E-state index contributed by atoms with van der Waals surface area (Å²) in [5, 5.41) is 7.55. The average molecular weight is 332 g/mol. The van der Waals surface area contributed by atoms with Gasteiger partial charge < -0.3 is 5.32 Å². The van der Waals surface area contributed by atoms with Gasteiger partial charge in [-0.2, -0.15) is 10.1 Å². The van der Waals surface area contributed by atoms with E-state index in [1.54, 1.807) is 16.8 Å². The highest BCUT2D eigenvalue weighted by Crippen LogP contribution is 2.22. The number of rotatable bonds is 3. The molecule has 3 aromatic rings. The van der Waals surface area contributed by atoms with Gasteiger partial charge in [-0.1, -0.05) is 11.6 Å². The summed E-state index contributed by atoms with van der Waals surface area (Å²) in [4.78, 5) is 8.88. The molecule has 0 unspecified atom stereocenters. The average Bonchev–Trinajstić information content (AvgIpc) is 2.81. The van der Waals surface area contributed by atoms with Crippen molar-refractivity contribution in [3.63, 3.8) is 0 Å². The van der Waals surface area contributed by atoms with E-state index in [1.807, 2.05) is 26.8 Å². The van der Waals surface area contributed by atoms with E-state index >= 15 is 0 Å². The van der Waals surface area contributed by atoms with Crippen molar-refractivity contribution in [3.05, 3.63) is 58.3 Å². The minimum Gasteiger partial charge on any atom is -0.340 e. The monoisotopic (exact) mass is 331 g/mol. The Kier molecular flexibility index (Phi) is 4.00. The molecular weight excluding hydrogens is 317 g/mol. The molecule has 0 spiro atoms. The minimum atomic E-state index is -0.459. The molecule has 118 valence electrons. The first-order chi connectivity index (χ1) is 10.9. The van der Waals surface area contributed by atoms with Crippen LogP contribution in [0.2, 0.25) is 5.02 Å². The molecule has 7 heteroatoms. The Bertz CT molecular complexity index is 875. The van der Waals surface area contributed by atoms with Gasteiger partial charge in [0.1, 0.15) is 11.6 Å². The Morgan fingerprint density at radius 3 is 2.48 bits per heavy atom. The molecule has 2 heterocycles. The van der Waals surface area contributed by atoms with E-state index in [4.69, 9.17) is 11.6 Å². The second-order valence-corrected chi connectivity index (χ2v) is 5.69. The van der Waals surface area contributed by atoms with Crippen LogP contribution in [0.15, 0.2) is 30.3 Å². The Labute approximate surface area is 138 Å². The number of nitrogens with zero attached hydrogens (tertiary/aromatic N) is 4. The van der Waals surface area contributed by atoms with Crippen LogP contribution in [0.3, 0.4) is 0 Å². The molecular formula is C16H15ClFN5. The molecule has 0 aliphatic carbocycles. The largest absolute Gasteiger partial charge is 0.340 e. The van der Waals surface area contributed by atoms with Gasteiger partial charge in [-0.05, 0) is 45.0 Å². The number of aromatic nitrogens is 4. The number of hydrogen-bond donors (Lipinski definition) is 1. The van der Waals surface area contributed by atoms with E-state index in [1.165, 1.54) is 12.1 Å². The number of benzene rings is 1. The van der Waals surface area contributed by atoms with Gasteiger partial charge in [-0.25, -0.2) is 14.1 Å². The topological polar surface area (TPSA) is 55.6 Å². The summed E-state index contributed by atoms with van der Waals surface area (Å²) in [7, 11) is 0. The summed E-state index contributed by atoms with van der Waals surface area (Å²) in [6, 6.07) is 8.17. The van der Waals surface area contributed by atoms with Gasteiger partial charge in [0.05, 0.1) is 10.7 Å². The van der Waals surface area contributed by atoms with E-state index in [9.17, 15) is 4.39 Å². The standard InChI is InChI=1S/C16H15ClFN5/c1-9-7-15(20-12-4-5-14(18)13(17)8-12)21-16(19-9)23-11(3)6-10(2)22-23/h4-8H,1-3H3,(H,19,20,21). The van der Waals surface area contributed by atoms with Crippen molar-refractivity contribution in [3.8, 4) is 5.95 Å². The summed E-state index contributed by atoms with van der Waals surface area (Å²) >= 11 is 5.80. The maximum absolute atomic E-state index is 13.2. The van der Waals surface area contributed by atoms with Gasteiger partial charge in [0, 0.05) is 23.1 Å². The molecule has 0 saturated carbocycles. The van der Waals surface area contributed by atoms with Crippen molar-refractivity contribution < 1.29 is 4.39 Å². The number of hydrogen-bond acceptors (Lipinski definition) is 4. The second kappa shape index (κ2) is 5.96. The van der Waals surface area contributed by atoms with E-state index in [0.29, 0.717) is 17.5 Å². The minimum absolute atomic E-state index is 0.0551. The van der Waals surface area contributed by atoms with Crippen LogP contribution in [0.1, 0.15) is 17.1 Å². The third-order valence-corrected chi connectivity index (χ3v) is 3.52. The molecule has 0 aliphatic rings. The van der Waals surface area contributed by atoms with Crippen LogP contribution < -0.4 is 5.32 Å². The molecule has 0 amide bonds. The van der Waals surface area contributed by atoms with Gasteiger partial charge >= 0.3 is 0 Å². The number of nitrogens with one attached hydrogen (secondary N) is 1. The Hall–Kier alpha value is -2.47. The van der Waals surface area contributed by atoms with Gasteiger partial charge in [0.25, 0.3) is 5.95 Å². The maximum atomic E-state index is 13.2. The third kappa shape index (κ3) is 3.32. The van der Waals surface area contributed by atoms with Gasteiger partial charge in [-0.15, -0.1) is 0 Å². The number of aryl methyl sites for hydroxylation is 3. The molecule has 0 atom stereocenters. The molecule has 3 rings (SSSR count). The third-order valence-electron chi connectivity index (χ3n) is 3.23. The fourth-order valence-electron chi connectivity index (χ4n) is 2.26. The Morgan fingerprint density at radius 2 is 1.83 bits per heavy atom. The normalized spacial score (nSPS) is 10.8. The van der Waals surface area contributed by atoms with Crippen molar-refractivity contribution in [1.82, 2.24) is 19.7 Å². The lowest BCUT2D eigenvalue weighted by molar-refractivity contribution is 0.628. The summed E-state index contributed by atoms with van der Waals surface area (Å²) in [6.07, 6.45) is 0. The molecule has 0 bridgehead atoms. The van der Waals surface area contributed by atoms with Crippen molar-refractivity contribution in [2.24, 2.45) is 0 Å². The van der Waals surface area contributed by atoms with E-state index < -0.39 is 5.82 Å². The van der Waals surface area contributed by atoms with Crippen LogP contribution in [-0.4, -0.2) is 19.7 Å². The van der Waals surface area contributed by atoms with Gasteiger partial charge in [-0.3, -0.25) is 0 Å². The summed E-state index contributed by atoms with van der Waals surface area (Å²) in [6.45, 7) is 5.73. The zero-order chi connectivity index (χ0) is 16.6. The second-order valence-electron chi connectivity index (χ2n) is 5.29. The van der Waals surface area contributed by atoms with Crippen molar-refractivity contribution in [2.45, 2.75) is 20.8 Å². The van der Waals surface area contributed by atoms with Crippen LogP contribution in [-0.2, 0) is 0 Å². The first kappa shape index (κ1) is 15.4. The lowest BCUT2D eigenvalue weighted by atomic mass is 10.3. The zero-order valence-electron chi connectivity index (χ0n) is 12.9. The quantitative estimate of drug-likeness (QED) is 0.784. The highest BCUT2D eigenvalue weighted by Gasteiger charge is 2.10. The molecule has 2 aromatic heterocycles. The highest BCUT2D eigenvalue weighted by molar-refractivity contribution is 6.31. The van der Waals surface area contributed by atoms with Crippen molar-refractivity contribution >= 4 is 23.1 Å². The number of anilines is 2. The van der Waals surface area contributed by atoms with Crippen LogP contribution in [0, 0.1) is 26.6 Å². The van der Waals surface area contributed by atoms with Crippen LogP contribution in [0.4, 0.5) is 15.9 Å². The van der Waals surface area contributed by atoms with E-state index in [0.717, 1.165) is 17.1 Å². The van der Waals surface area contributed by atoms with Gasteiger partial charge in [0.2, 0.25) is 0 Å². The summed E-state index contributed by atoms with van der Waals surface area (Å²) in [5.41, 5.74) is 3.28. The summed E-state index contributed by atoms with van der Waals surface area (Å²) in [5.74, 6) is 0.605. The lowest BCUT2D eigenvalue weighted by Gasteiger charge is -2.10. The fourth-order valence-corrected chi connectivity index (χ4v) is 2.45. The van der Waals surface area contributed by atoms with E-state index in [-0.39, 0.29) is 5.02 Å². The van der Waals surface area contributed by atoms with Crippen LogP contribution >= 0.6 is 11.6 Å². The smallest absolute Gasteiger partial charge is 0.252 e.